The highest BCUT2D eigenvalue weighted by Gasteiger charge is 2.24. The fourth-order valence-corrected chi connectivity index (χ4v) is 2.72. The number of rotatable bonds is 2. The largest absolute Gasteiger partial charge is 0.444 e. The van der Waals surface area contributed by atoms with Gasteiger partial charge in [-0.3, -0.25) is 4.79 Å². The molecule has 0 bridgehead atoms. The molecule has 1 aliphatic rings. The molecule has 1 aromatic carbocycles. The van der Waals surface area contributed by atoms with E-state index < -0.39 is 5.60 Å². The number of hydrogen-bond acceptors (Lipinski definition) is 3. The third-order valence-electron chi connectivity index (χ3n) is 3.84. The summed E-state index contributed by atoms with van der Waals surface area (Å²) in [6, 6.07) is 5.92. The van der Waals surface area contributed by atoms with Gasteiger partial charge in [0.25, 0.3) is 5.91 Å². The standard InChI is InChI=1S/C19H28N2O3/c1-13(2)20-17(22)16-7-6-14-8-10-21(11-9-15(14)12-16)18(23)24-19(3,4)5/h6-7,12-13H,8-11H2,1-5H3,(H,20,22). The average Bonchev–Trinajstić information content (AvgIpc) is 2.66. The van der Waals surface area contributed by atoms with Gasteiger partial charge in [-0.25, -0.2) is 4.79 Å². The Bertz CT molecular complexity index is 618. The third kappa shape index (κ3) is 4.98. The number of amides is 2. The first kappa shape index (κ1) is 18.3. The van der Waals surface area contributed by atoms with Crippen molar-refractivity contribution in [3.63, 3.8) is 0 Å². The van der Waals surface area contributed by atoms with Crippen LogP contribution in [0.4, 0.5) is 4.79 Å². The zero-order valence-corrected chi connectivity index (χ0v) is 15.3. The normalized spacial score (nSPS) is 14.8. The van der Waals surface area contributed by atoms with Crippen LogP contribution >= 0.6 is 0 Å². The summed E-state index contributed by atoms with van der Waals surface area (Å²) in [6.07, 6.45) is 1.24. The summed E-state index contributed by atoms with van der Waals surface area (Å²) in [5, 5.41) is 2.91. The van der Waals surface area contributed by atoms with Crippen molar-refractivity contribution in [2.24, 2.45) is 0 Å². The van der Waals surface area contributed by atoms with Gasteiger partial charge in [0.15, 0.2) is 0 Å². The summed E-state index contributed by atoms with van der Waals surface area (Å²) in [5.41, 5.74) is 2.52. The van der Waals surface area contributed by atoms with Crippen LogP contribution in [0.3, 0.4) is 0 Å². The Labute approximate surface area is 144 Å². The zero-order chi connectivity index (χ0) is 17.9. The number of ether oxygens (including phenoxy) is 1. The molecule has 132 valence electrons. The van der Waals surface area contributed by atoms with Crippen LogP contribution in [0.15, 0.2) is 18.2 Å². The highest BCUT2D eigenvalue weighted by molar-refractivity contribution is 5.94. The molecule has 0 radical (unpaired) electrons. The quantitative estimate of drug-likeness (QED) is 0.905. The SMILES string of the molecule is CC(C)NC(=O)c1ccc2c(c1)CCN(C(=O)OC(C)(C)C)CC2. The van der Waals surface area contributed by atoms with E-state index in [-0.39, 0.29) is 18.0 Å². The number of carbonyl (C=O) groups excluding carboxylic acids is 2. The lowest BCUT2D eigenvalue weighted by molar-refractivity contribution is 0.0258. The second kappa shape index (κ2) is 7.24. The maximum Gasteiger partial charge on any atom is 0.410 e. The molecule has 0 aromatic heterocycles. The van der Waals surface area contributed by atoms with Crippen molar-refractivity contribution in [2.75, 3.05) is 13.1 Å². The molecule has 1 aromatic rings. The van der Waals surface area contributed by atoms with E-state index in [1.54, 1.807) is 4.90 Å². The average molecular weight is 332 g/mol. The van der Waals surface area contributed by atoms with Gasteiger partial charge < -0.3 is 15.0 Å². The zero-order valence-electron chi connectivity index (χ0n) is 15.3. The second-order valence-corrected chi connectivity index (χ2v) is 7.58. The van der Waals surface area contributed by atoms with Gasteiger partial charge in [0.05, 0.1) is 0 Å². The van der Waals surface area contributed by atoms with Crippen LogP contribution in [0, 0.1) is 0 Å². The Kier molecular flexibility index (Phi) is 5.52. The van der Waals surface area contributed by atoms with Gasteiger partial charge in [-0.1, -0.05) is 6.07 Å². The minimum atomic E-state index is -0.488. The molecule has 24 heavy (non-hydrogen) atoms. The van der Waals surface area contributed by atoms with Crippen molar-refractivity contribution in [1.29, 1.82) is 0 Å². The third-order valence-corrected chi connectivity index (χ3v) is 3.84. The second-order valence-electron chi connectivity index (χ2n) is 7.58. The smallest absolute Gasteiger partial charge is 0.410 e. The van der Waals surface area contributed by atoms with Gasteiger partial charge in [-0.2, -0.15) is 0 Å². The Morgan fingerprint density at radius 2 is 1.75 bits per heavy atom. The Morgan fingerprint density at radius 1 is 1.12 bits per heavy atom. The van der Waals surface area contributed by atoms with Gasteiger partial charge in [0, 0.05) is 24.7 Å². The molecule has 2 rings (SSSR count). The van der Waals surface area contributed by atoms with E-state index in [1.807, 2.05) is 52.8 Å². The summed E-state index contributed by atoms with van der Waals surface area (Å²) < 4.78 is 5.46. The molecule has 5 nitrogen and oxygen atoms in total. The number of nitrogens with one attached hydrogen (secondary N) is 1. The van der Waals surface area contributed by atoms with E-state index in [2.05, 4.69) is 5.32 Å². The van der Waals surface area contributed by atoms with Crippen LogP contribution in [0.25, 0.3) is 0 Å². The van der Waals surface area contributed by atoms with E-state index in [4.69, 9.17) is 4.74 Å². The van der Waals surface area contributed by atoms with Gasteiger partial charge in [-0.15, -0.1) is 0 Å². The molecule has 0 aliphatic carbocycles. The van der Waals surface area contributed by atoms with E-state index in [9.17, 15) is 9.59 Å². The first-order valence-corrected chi connectivity index (χ1v) is 8.56. The number of nitrogens with zero attached hydrogens (tertiary/aromatic N) is 1. The molecule has 0 atom stereocenters. The van der Waals surface area contributed by atoms with Crippen LogP contribution in [0.1, 0.15) is 56.1 Å². The van der Waals surface area contributed by atoms with Crippen LogP contribution in [-0.4, -0.2) is 41.6 Å². The minimum absolute atomic E-state index is 0.0546. The fraction of sp³-hybridized carbons (Fsp3) is 0.579. The number of benzene rings is 1. The molecule has 0 spiro atoms. The van der Waals surface area contributed by atoms with Gasteiger partial charge in [0.2, 0.25) is 0 Å². The molecule has 0 saturated heterocycles. The van der Waals surface area contributed by atoms with E-state index >= 15 is 0 Å². The molecule has 1 aliphatic heterocycles. The van der Waals surface area contributed by atoms with E-state index in [0.29, 0.717) is 18.7 Å². The van der Waals surface area contributed by atoms with Crippen molar-refractivity contribution in [3.05, 3.63) is 34.9 Å². The van der Waals surface area contributed by atoms with Crippen molar-refractivity contribution < 1.29 is 14.3 Å². The van der Waals surface area contributed by atoms with Crippen molar-refractivity contribution in [1.82, 2.24) is 10.2 Å². The van der Waals surface area contributed by atoms with Gasteiger partial charge >= 0.3 is 6.09 Å². The lowest BCUT2D eigenvalue weighted by Crippen LogP contribution is -2.38. The fourth-order valence-electron chi connectivity index (χ4n) is 2.72. The molecule has 0 fully saturated rings. The molecule has 0 saturated carbocycles. The maximum atomic E-state index is 12.3. The summed E-state index contributed by atoms with van der Waals surface area (Å²) >= 11 is 0. The highest BCUT2D eigenvalue weighted by atomic mass is 16.6. The minimum Gasteiger partial charge on any atom is -0.444 e. The predicted octanol–water partition coefficient (Wildman–Crippen LogP) is 3.16. The van der Waals surface area contributed by atoms with Gasteiger partial charge in [0.1, 0.15) is 5.60 Å². The Hall–Kier alpha value is -2.04. The molecular weight excluding hydrogens is 304 g/mol. The Morgan fingerprint density at radius 3 is 2.33 bits per heavy atom. The monoisotopic (exact) mass is 332 g/mol. The molecule has 2 amide bonds. The molecule has 1 N–H and O–H groups in total. The van der Waals surface area contributed by atoms with E-state index in [0.717, 1.165) is 18.4 Å². The highest BCUT2D eigenvalue weighted by Crippen LogP contribution is 2.19. The lowest BCUT2D eigenvalue weighted by atomic mass is 10.00. The number of carbonyl (C=O) groups is 2. The topological polar surface area (TPSA) is 58.6 Å². The summed E-state index contributed by atoms with van der Waals surface area (Å²) in [7, 11) is 0. The van der Waals surface area contributed by atoms with Crippen molar-refractivity contribution >= 4 is 12.0 Å². The maximum absolute atomic E-state index is 12.3. The van der Waals surface area contributed by atoms with Crippen LogP contribution in [0.5, 0.6) is 0 Å². The first-order chi connectivity index (χ1) is 11.2. The van der Waals surface area contributed by atoms with Crippen molar-refractivity contribution in [2.45, 2.75) is 59.1 Å². The number of hydrogen-bond donors (Lipinski definition) is 1. The first-order valence-electron chi connectivity index (χ1n) is 8.56. The van der Waals surface area contributed by atoms with E-state index in [1.165, 1.54) is 5.56 Å². The molecule has 5 heteroatoms. The van der Waals surface area contributed by atoms with Crippen LogP contribution in [-0.2, 0) is 17.6 Å². The van der Waals surface area contributed by atoms with Crippen LogP contribution < -0.4 is 5.32 Å². The van der Waals surface area contributed by atoms with Crippen molar-refractivity contribution in [3.8, 4) is 0 Å². The molecule has 1 heterocycles. The molecule has 0 unspecified atom stereocenters. The predicted molar refractivity (Wildman–Crippen MR) is 94.3 cm³/mol. The number of fused-ring (bicyclic) bond motifs is 1. The summed E-state index contributed by atoms with van der Waals surface area (Å²) in [4.78, 5) is 26.2. The van der Waals surface area contributed by atoms with Gasteiger partial charge in [-0.05, 0) is 70.7 Å². The lowest BCUT2D eigenvalue weighted by Gasteiger charge is -2.26. The Balaban J connectivity index is 2.08. The molecular formula is C19H28N2O3. The summed E-state index contributed by atoms with van der Waals surface area (Å²) in [6.45, 7) is 10.8. The van der Waals surface area contributed by atoms with Crippen LogP contribution in [0.2, 0.25) is 0 Å². The summed E-state index contributed by atoms with van der Waals surface area (Å²) in [5.74, 6) is -0.0546.